The predicted octanol–water partition coefficient (Wildman–Crippen LogP) is 2.27. The number of aliphatic hydroxyl groups is 1. The van der Waals surface area contributed by atoms with Crippen LogP contribution in [0, 0.1) is 0 Å². The minimum Gasteiger partial charge on any atom is -0.507 e. The molecule has 1 aliphatic heterocycles. The Morgan fingerprint density at radius 2 is 2.04 bits per heavy atom. The normalized spacial score (nSPS) is 19.1. The Morgan fingerprint density at radius 3 is 2.67 bits per heavy atom. The second-order valence-corrected chi connectivity index (χ2v) is 6.54. The SMILES string of the molecule is COc1cccc(C(O)=C2C(=O)C(=O)N(CCN(C)C)C2c2ccco2)c1. The van der Waals surface area contributed by atoms with Crippen LogP contribution < -0.4 is 4.74 Å². The molecule has 0 aliphatic carbocycles. The monoisotopic (exact) mass is 370 g/mol. The summed E-state index contributed by atoms with van der Waals surface area (Å²) in [5.41, 5.74) is 0.415. The zero-order valence-corrected chi connectivity index (χ0v) is 15.5. The van der Waals surface area contributed by atoms with E-state index in [9.17, 15) is 14.7 Å². The van der Waals surface area contributed by atoms with Crippen LogP contribution >= 0.6 is 0 Å². The molecular weight excluding hydrogens is 348 g/mol. The van der Waals surface area contributed by atoms with Gasteiger partial charge in [-0.05, 0) is 38.4 Å². The van der Waals surface area contributed by atoms with E-state index >= 15 is 0 Å². The van der Waals surface area contributed by atoms with E-state index in [0.29, 0.717) is 30.2 Å². The first-order valence-corrected chi connectivity index (χ1v) is 8.55. The zero-order valence-electron chi connectivity index (χ0n) is 15.5. The van der Waals surface area contributed by atoms with E-state index in [2.05, 4.69) is 0 Å². The quantitative estimate of drug-likeness (QED) is 0.477. The summed E-state index contributed by atoms with van der Waals surface area (Å²) in [6.07, 6.45) is 1.48. The molecule has 1 aromatic carbocycles. The summed E-state index contributed by atoms with van der Waals surface area (Å²) in [6.45, 7) is 0.904. The lowest BCUT2D eigenvalue weighted by Gasteiger charge is -2.24. The lowest BCUT2D eigenvalue weighted by molar-refractivity contribution is -0.140. The molecule has 3 rings (SSSR count). The number of hydrogen-bond acceptors (Lipinski definition) is 6. The first kappa shape index (κ1) is 18.7. The highest BCUT2D eigenvalue weighted by molar-refractivity contribution is 6.46. The van der Waals surface area contributed by atoms with Gasteiger partial charge in [-0.2, -0.15) is 0 Å². The van der Waals surface area contributed by atoms with Crippen molar-refractivity contribution < 1.29 is 23.8 Å². The molecule has 1 fully saturated rings. The van der Waals surface area contributed by atoms with Gasteiger partial charge in [-0.1, -0.05) is 12.1 Å². The van der Waals surface area contributed by atoms with Crippen LogP contribution in [-0.4, -0.2) is 60.9 Å². The van der Waals surface area contributed by atoms with Crippen molar-refractivity contribution in [2.45, 2.75) is 6.04 Å². The molecule has 1 unspecified atom stereocenters. The van der Waals surface area contributed by atoms with Crippen LogP contribution in [0.5, 0.6) is 5.75 Å². The van der Waals surface area contributed by atoms with Gasteiger partial charge < -0.3 is 24.1 Å². The van der Waals surface area contributed by atoms with E-state index in [-0.39, 0.29) is 11.3 Å². The van der Waals surface area contributed by atoms with Gasteiger partial charge in [-0.3, -0.25) is 9.59 Å². The number of aliphatic hydroxyl groups excluding tert-OH is 1. The van der Waals surface area contributed by atoms with E-state index in [1.165, 1.54) is 18.3 Å². The van der Waals surface area contributed by atoms with Gasteiger partial charge in [0.1, 0.15) is 23.3 Å². The molecule has 1 atom stereocenters. The van der Waals surface area contributed by atoms with Gasteiger partial charge in [-0.15, -0.1) is 0 Å². The average molecular weight is 370 g/mol. The first-order chi connectivity index (χ1) is 12.9. The van der Waals surface area contributed by atoms with Crippen molar-refractivity contribution in [1.82, 2.24) is 9.80 Å². The number of furan rings is 1. The summed E-state index contributed by atoms with van der Waals surface area (Å²) < 4.78 is 10.7. The van der Waals surface area contributed by atoms with Crippen molar-refractivity contribution >= 4 is 17.4 Å². The maximum absolute atomic E-state index is 12.7. The molecule has 0 saturated carbocycles. The first-order valence-electron chi connectivity index (χ1n) is 8.55. The average Bonchev–Trinajstić information content (AvgIpc) is 3.27. The molecule has 0 spiro atoms. The molecular formula is C20H22N2O5. The van der Waals surface area contributed by atoms with Gasteiger partial charge in [0.25, 0.3) is 11.7 Å². The molecule has 0 bridgehead atoms. The van der Waals surface area contributed by atoms with Crippen LogP contribution in [0.1, 0.15) is 17.4 Å². The number of rotatable bonds is 6. The summed E-state index contributed by atoms with van der Waals surface area (Å²) in [5.74, 6) is -0.660. The number of methoxy groups -OCH3 is 1. The lowest BCUT2D eigenvalue weighted by atomic mass is 9.99. The number of hydrogen-bond donors (Lipinski definition) is 1. The number of likely N-dealkylation sites (tertiary alicyclic amines) is 1. The molecule has 1 aromatic heterocycles. The van der Waals surface area contributed by atoms with Crippen molar-refractivity contribution in [3.63, 3.8) is 0 Å². The van der Waals surface area contributed by atoms with Crippen LogP contribution in [0.2, 0.25) is 0 Å². The summed E-state index contributed by atoms with van der Waals surface area (Å²) in [4.78, 5) is 28.7. The number of carbonyl (C=O) groups is 2. The number of nitrogens with zero attached hydrogens (tertiary/aromatic N) is 2. The van der Waals surface area contributed by atoms with Crippen LogP contribution in [0.3, 0.4) is 0 Å². The molecule has 0 radical (unpaired) electrons. The smallest absolute Gasteiger partial charge is 0.295 e. The Kier molecular flexibility index (Phi) is 5.32. The number of carbonyl (C=O) groups excluding carboxylic acids is 2. The minimum absolute atomic E-state index is 0.0157. The van der Waals surface area contributed by atoms with Gasteiger partial charge in [-0.25, -0.2) is 0 Å². The molecule has 1 saturated heterocycles. The molecule has 142 valence electrons. The molecule has 1 aliphatic rings. The predicted molar refractivity (Wildman–Crippen MR) is 99.3 cm³/mol. The third-order valence-electron chi connectivity index (χ3n) is 4.48. The molecule has 1 amide bonds. The second kappa shape index (κ2) is 7.67. The molecule has 7 heteroatoms. The van der Waals surface area contributed by atoms with Crippen molar-refractivity contribution in [3.8, 4) is 5.75 Å². The van der Waals surface area contributed by atoms with Crippen molar-refractivity contribution in [1.29, 1.82) is 0 Å². The topological polar surface area (TPSA) is 83.2 Å². The van der Waals surface area contributed by atoms with Crippen molar-refractivity contribution in [2.24, 2.45) is 0 Å². The Balaban J connectivity index is 2.10. The number of amides is 1. The third-order valence-corrected chi connectivity index (χ3v) is 4.48. The summed E-state index contributed by atoms with van der Waals surface area (Å²) >= 11 is 0. The Morgan fingerprint density at radius 1 is 1.26 bits per heavy atom. The van der Waals surface area contributed by atoms with E-state index in [4.69, 9.17) is 9.15 Å². The Bertz CT molecular complexity index is 870. The van der Waals surface area contributed by atoms with Crippen LogP contribution in [-0.2, 0) is 9.59 Å². The molecule has 2 aromatic rings. The van der Waals surface area contributed by atoms with E-state index < -0.39 is 17.7 Å². The Labute approximate surface area is 157 Å². The van der Waals surface area contributed by atoms with Gasteiger partial charge in [0.2, 0.25) is 0 Å². The Hall–Kier alpha value is -3.06. The number of Topliss-reactive ketones (excluding diaryl/α,β-unsaturated/α-hetero) is 1. The highest BCUT2D eigenvalue weighted by atomic mass is 16.5. The largest absolute Gasteiger partial charge is 0.507 e. The maximum atomic E-state index is 12.7. The fraction of sp³-hybridized carbons (Fsp3) is 0.300. The van der Waals surface area contributed by atoms with Crippen LogP contribution in [0.4, 0.5) is 0 Å². The van der Waals surface area contributed by atoms with Crippen LogP contribution in [0.15, 0.2) is 52.7 Å². The lowest BCUT2D eigenvalue weighted by Crippen LogP contribution is -2.35. The summed E-state index contributed by atoms with van der Waals surface area (Å²) in [7, 11) is 5.28. The van der Waals surface area contributed by atoms with E-state index in [1.807, 2.05) is 19.0 Å². The summed E-state index contributed by atoms with van der Waals surface area (Å²) in [6, 6.07) is 9.32. The van der Waals surface area contributed by atoms with Gasteiger partial charge in [0.15, 0.2) is 0 Å². The molecule has 7 nitrogen and oxygen atoms in total. The highest BCUT2D eigenvalue weighted by Gasteiger charge is 2.47. The van der Waals surface area contributed by atoms with Gasteiger partial charge in [0.05, 0.1) is 18.9 Å². The number of ketones is 1. The number of benzene rings is 1. The zero-order chi connectivity index (χ0) is 19.6. The van der Waals surface area contributed by atoms with E-state index in [0.717, 1.165) is 0 Å². The molecule has 27 heavy (non-hydrogen) atoms. The fourth-order valence-corrected chi connectivity index (χ4v) is 3.09. The highest BCUT2D eigenvalue weighted by Crippen LogP contribution is 2.39. The van der Waals surface area contributed by atoms with Crippen molar-refractivity contribution in [3.05, 3.63) is 59.6 Å². The second-order valence-electron chi connectivity index (χ2n) is 6.54. The number of likely N-dealkylation sites (N-methyl/N-ethyl adjacent to an activating group) is 1. The third kappa shape index (κ3) is 3.59. The fourth-order valence-electron chi connectivity index (χ4n) is 3.09. The van der Waals surface area contributed by atoms with Crippen molar-refractivity contribution in [2.75, 3.05) is 34.3 Å². The number of ether oxygens (including phenoxy) is 1. The molecule has 2 heterocycles. The van der Waals surface area contributed by atoms with Gasteiger partial charge in [0, 0.05) is 18.7 Å². The summed E-state index contributed by atoms with van der Waals surface area (Å²) in [5, 5.41) is 10.9. The van der Waals surface area contributed by atoms with E-state index in [1.54, 1.807) is 36.4 Å². The standard InChI is InChI=1S/C20H22N2O5/c1-21(2)9-10-22-17(15-8-5-11-27-15)16(19(24)20(22)25)18(23)13-6-4-7-14(12-13)26-3/h4-8,11-12,17,23H,9-10H2,1-3H3. The minimum atomic E-state index is -0.772. The van der Waals surface area contributed by atoms with Crippen LogP contribution in [0.25, 0.3) is 5.76 Å². The maximum Gasteiger partial charge on any atom is 0.295 e. The van der Waals surface area contributed by atoms with Gasteiger partial charge >= 0.3 is 0 Å². The molecule has 1 N–H and O–H groups in total.